The second-order valence-corrected chi connectivity index (χ2v) is 9.41. The topological polar surface area (TPSA) is 70.7 Å². The lowest BCUT2D eigenvalue weighted by molar-refractivity contribution is -0.117. The summed E-state index contributed by atoms with van der Waals surface area (Å²) in [5.74, 6) is -0.137. The molecule has 2 amide bonds. The molecule has 0 aromatic heterocycles. The first kappa shape index (κ1) is 21.6. The smallest absolute Gasteiger partial charge is 0.253 e. The van der Waals surface area contributed by atoms with Gasteiger partial charge in [0.25, 0.3) is 5.91 Å². The van der Waals surface area contributed by atoms with Crippen molar-refractivity contribution in [1.82, 2.24) is 5.32 Å². The van der Waals surface area contributed by atoms with Crippen LogP contribution in [0.25, 0.3) is 0 Å². The molecular weight excluding hydrogens is 366 g/mol. The van der Waals surface area contributed by atoms with E-state index in [9.17, 15) is 9.59 Å². The van der Waals surface area contributed by atoms with Crippen LogP contribution in [0.3, 0.4) is 0 Å². The molecule has 0 radical (unpaired) electrons. The van der Waals surface area contributed by atoms with E-state index in [4.69, 9.17) is 4.74 Å². The van der Waals surface area contributed by atoms with Crippen LogP contribution >= 0.6 is 0 Å². The van der Waals surface area contributed by atoms with Crippen LogP contribution in [0.2, 0.25) is 0 Å². The van der Waals surface area contributed by atoms with E-state index in [1.807, 2.05) is 39.0 Å². The van der Waals surface area contributed by atoms with Crippen molar-refractivity contribution in [3.63, 3.8) is 0 Å². The fourth-order valence-electron chi connectivity index (χ4n) is 4.00. The number of nitrogens with zero attached hydrogens (tertiary/aromatic N) is 1. The number of carbonyl (C=O) groups is 2. The molecule has 2 fully saturated rings. The molecule has 0 saturated carbocycles. The number of nitrogens with one attached hydrogen (secondary N) is 2. The fraction of sp³-hybridized carbons (Fsp3) is 0.652. The largest absolute Gasteiger partial charge is 0.376 e. The Labute approximate surface area is 174 Å². The SMILES string of the molecule is CC(C)(C)CC(=O)Nc1ccc(N2CCCCC2)c(C(=O)NC[C@H]2CCCO2)c1. The number of hydrogen-bond donors (Lipinski definition) is 2. The lowest BCUT2D eigenvalue weighted by Gasteiger charge is -2.30. The number of anilines is 2. The predicted octanol–water partition coefficient (Wildman–Crippen LogP) is 3.96. The van der Waals surface area contributed by atoms with E-state index in [0.717, 1.165) is 51.1 Å². The maximum absolute atomic E-state index is 13.0. The third-order valence-corrected chi connectivity index (χ3v) is 5.43. The third kappa shape index (κ3) is 6.46. The van der Waals surface area contributed by atoms with Gasteiger partial charge in [0, 0.05) is 44.0 Å². The zero-order valence-electron chi connectivity index (χ0n) is 18.1. The van der Waals surface area contributed by atoms with Crippen molar-refractivity contribution >= 4 is 23.2 Å². The molecule has 1 aromatic rings. The Morgan fingerprint density at radius 1 is 1.14 bits per heavy atom. The van der Waals surface area contributed by atoms with Crippen LogP contribution < -0.4 is 15.5 Å². The average Bonchev–Trinajstić information content (AvgIpc) is 3.19. The highest BCUT2D eigenvalue weighted by atomic mass is 16.5. The molecule has 0 unspecified atom stereocenters. The van der Waals surface area contributed by atoms with E-state index >= 15 is 0 Å². The maximum atomic E-state index is 13.0. The number of carbonyl (C=O) groups excluding carboxylic acids is 2. The van der Waals surface area contributed by atoms with Crippen LogP contribution in [0.4, 0.5) is 11.4 Å². The summed E-state index contributed by atoms with van der Waals surface area (Å²) in [6.07, 6.45) is 6.09. The molecule has 160 valence electrons. The Kier molecular flexibility index (Phi) is 7.17. The predicted molar refractivity (Wildman–Crippen MR) is 117 cm³/mol. The standard InChI is InChI=1S/C23H35N3O3/c1-23(2,3)15-21(27)25-17-9-10-20(26-11-5-4-6-12-26)19(14-17)22(28)24-16-18-8-7-13-29-18/h9-10,14,18H,4-8,11-13,15-16H2,1-3H3,(H,24,28)(H,25,27)/t18-/m1/s1. The lowest BCUT2D eigenvalue weighted by Crippen LogP contribution is -2.35. The molecule has 1 atom stereocenters. The summed E-state index contributed by atoms with van der Waals surface area (Å²) in [5.41, 5.74) is 2.16. The number of rotatable bonds is 6. The average molecular weight is 402 g/mol. The second kappa shape index (κ2) is 9.61. The molecule has 29 heavy (non-hydrogen) atoms. The molecule has 6 heteroatoms. The first-order valence-corrected chi connectivity index (χ1v) is 10.9. The Bertz CT molecular complexity index is 715. The van der Waals surface area contributed by atoms with Gasteiger partial charge in [-0.1, -0.05) is 20.8 Å². The van der Waals surface area contributed by atoms with Crippen LogP contribution in [0.5, 0.6) is 0 Å². The summed E-state index contributed by atoms with van der Waals surface area (Å²) in [4.78, 5) is 27.7. The third-order valence-electron chi connectivity index (χ3n) is 5.43. The molecule has 6 nitrogen and oxygen atoms in total. The summed E-state index contributed by atoms with van der Waals surface area (Å²) < 4.78 is 5.63. The van der Waals surface area contributed by atoms with E-state index in [1.165, 1.54) is 6.42 Å². The summed E-state index contributed by atoms with van der Waals surface area (Å²) >= 11 is 0. The molecule has 2 aliphatic heterocycles. The van der Waals surface area contributed by atoms with Crippen LogP contribution in [0, 0.1) is 5.41 Å². The van der Waals surface area contributed by atoms with E-state index in [-0.39, 0.29) is 23.3 Å². The van der Waals surface area contributed by atoms with Gasteiger partial charge in [-0.25, -0.2) is 0 Å². The van der Waals surface area contributed by atoms with E-state index in [1.54, 1.807) is 0 Å². The summed E-state index contributed by atoms with van der Waals surface area (Å²) in [5, 5.41) is 5.99. The molecule has 0 aliphatic carbocycles. The van der Waals surface area contributed by atoms with E-state index in [2.05, 4.69) is 15.5 Å². The van der Waals surface area contributed by atoms with Gasteiger partial charge in [0.1, 0.15) is 0 Å². The van der Waals surface area contributed by atoms with Crippen molar-refractivity contribution in [3.05, 3.63) is 23.8 Å². The van der Waals surface area contributed by atoms with Gasteiger partial charge >= 0.3 is 0 Å². The quantitative estimate of drug-likeness (QED) is 0.757. The van der Waals surface area contributed by atoms with Gasteiger partial charge in [0.2, 0.25) is 5.91 Å². The van der Waals surface area contributed by atoms with Gasteiger partial charge in [-0.05, 0) is 55.7 Å². The Balaban J connectivity index is 1.76. The molecule has 0 spiro atoms. The fourth-order valence-corrected chi connectivity index (χ4v) is 4.00. The molecule has 1 aromatic carbocycles. The van der Waals surface area contributed by atoms with E-state index in [0.29, 0.717) is 24.2 Å². The highest BCUT2D eigenvalue weighted by Gasteiger charge is 2.22. The first-order chi connectivity index (χ1) is 13.8. The van der Waals surface area contributed by atoms with Crippen LogP contribution in [-0.2, 0) is 9.53 Å². The van der Waals surface area contributed by atoms with Gasteiger partial charge in [0.15, 0.2) is 0 Å². The van der Waals surface area contributed by atoms with Crippen LogP contribution in [-0.4, -0.2) is 44.2 Å². The summed E-state index contributed by atoms with van der Waals surface area (Å²) in [6.45, 7) is 9.33. The van der Waals surface area contributed by atoms with Crippen molar-refractivity contribution in [3.8, 4) is 0 Å². The second-order valence-electron chi connectivity index (χ2n) is 9.41. The van der Waals surface area contributed by atoms with Gasteiger partial charge < -0.3 is 20.3 Å². The van der Waals surface area contributed by atoms with E-state index < -0.39 is 0 Å². The Hall–Kier alpha value is -2.08. The van der Waals surface area contributed by atoms with Gasteiger partial charge in [-0.3, -0.25) is 9.59 Å². The minimum Gasteiger partial charge on any atom is -0.376 e. The monoisotopic (exact) mass is 401 g/mol. The molecule has 2 heterocycles. The highest BCUT2D eigenvalue weighted by molar-refractivity contribution is 6.02. The minimum atomic E-state index is -0.104. The number of benzene rings is 1. The Morgan fingerprint density at radius 2 is 1.90 bits per heavy atom. The highest BCUT2D eigenvalue weighted by Crippen LogP contribution is 2.28. The van der Waals surface area contributed by atoms with Crippen molar-refractivity contribution in [2.45, 2.75) is 65.4 Å². The Morgan fingerprint density at radius 3 is 2.55 bits per heavy atom. The van der Waals surface area contributed by atoms with Gasteiger partial charge in [0.05, 0.1) is 11.7 Å². The number of amides is 2. The zero-order valence-corrected chi connectivity index (χ0v) is 18.1. The first-order valence-electron chi connectivity index (χ1n) is 10.9. The number of ether oxygens (including phenoxy) is 1. The molecule has 2 N–H and O–H groups in total. The van der Waals surface area contributed by atoms with Crippen LogP contribution in [0.15, 0.2) is 18.2 Å². The number of hydrogen-bond acceptors (Lipinski definition) is 4. The molecule has 0 bridgehead atoms. The normalized spacial score (nSPS) is 19.8. The summed E-state index contributed by atoms with van der Waals surface area (Å²) in [6, 6.07) is 5.69. The van der Waals surface area contributed by atoms with Gasteiger partial charge in [-0.15, -0.1) is 0 Å². The lowest BCUT2D eigenvalue weighted by atomic mass is 9.92. The minimum absolute atomic E-state index is 0.0334. The summed E-state index contributed by atoms with van der Waals surface area (Å²) in [7, 11) is 0. The molecule has 2 saturated heterocycles. The molecule has 2 aliphatic rings. The van der Waals surface area contributed by atoms with Gasteiger partial charge in [-0.2, -0.15) is 0 Å². The van der Waals surface area contributed by atoms with Crippen molar-refractivity contribution in [2.75, 3.05) is 36.5 Å². The van der Waals surface area contributed by atoms with Crippen LogP contribution in [0.1, 0.15) is 69.7 Å². The molecule has 3 rings (SSSR count). The zero-order chi connectivity index (χ0) is 20.9. The van der Waals surface area contributed by atoms with Crippen molar-refractivity contribution in [2.24, 2.45) is 5.41 Å². The molecular formula is C23H35N3O3. The number of piperidine rings is 1. The van der Waals surface area contributed by atoms with Crippen molar-refractivity contribution < 1.29 is 14.3 Å². The maximum Gasteiger partial charge on any atom is 0.253 e. The van der Waals surface area contributed by atoms with Crippen molar-refractivity contribution in [1.29, 1.82) is 0 Å².